The Labute approximate surface area is 128 Å². The van der Waals surface area contributed by atoms with Gasteiger partial charge >= 0.3 is 5.97 Å². The van der Waals surface area contributed by atoms with Crippen molar-refractivity contribution < 1.29 is 9.53 Å². The zero-order valence-electron chi connectivity index (χ0n) is 12.4. The van der Waals surface area contributed by atoms with Gasteiger partial charge in [0, 0.05) is 13.6 Å². The van der Waals surface area contributed by atoms with E-state index in [0.29, 0.717) is 18.7 Å². The third-order valence-corrected chi connectivity index (χ3v) is 4.01. The van der Waals surface area contributed by atoms with Crippen molar-refractivity contribution in [3.63, 3.8) is 0 Å². The minimum Gasteiger partial charge on any atom is -0.462 e. The molecule has 0 fully saturated rings. The van der Waals surface area contributed by atoms with Crippen molar-refractivity contribution in [3.05, 3.63) is 41.0 Å². The van der Waals surface area contributed by atoms with E-state index in [2.05, 4.69) is 29.5 Å². The van der Waals surface area contributed by atoms with E-state index in [-0.39, 0.29) is 5.82 Å². The molecule has 1 heterocycles. The molecule has 5 nitrogen and oxygen atoms in total. The van der Waals surface area contributed by atoms with Crippen LogP contribution in [0.1, 0.15) is 28.4 Å². The first kappa shape index (κ1) is 15.3. The predicted molar refractivity (Wildman–Crippen MR) is 85.8 cm³/mol. The molecular weight excluding hydrogens is 286 g/mol. The van der Waals surface area contributed by atoms with E-state index in [0.717, 1.165) is 5.00 Å². The minimum atomic E-state index is -0.421. The van der Waals surface area contributed by atoms with Gasteiger partial charge in [-0.05, 0) is 30.9 Å². The second kappa shape index (κ2) is 6.58. The summed E-state index contributed by atoms with van der Waals surface area (Å²) in [5.41, 5.74) is 8.53. The fraction of sp³-hybridized carbons (Fsp3) is 0.333. The monoisotopic (exact) mass is 305 g/mol. The van der Waals surface area contributed by atoms with Crippen LogP contribution >= 0.6 is 11.5 Å². The molecule has 112 valence electrons. The molecule has 0 aliphatic carbocycles. The molecule has 0 saturated carbocycles. The van der Waals surface area contributed by atoms with Crippen LogP contribution in [0.3, 0.4) is 0 Å². The number of aromatic nitrogens is 1. The summed E-state index contributed by atoms with van der Waals surface area (Å²) in [5.74, 6) is -0.195. The largest absolute Gasteiger partial charge is 0.462 e. The standard InChI is InChI=1S/C15H19N3O2S/c1-4-20-15(19)12-13(16)17-21-14(12)18(3)9-11-7-5-6-10(2)8-11/h5-8H,4,9H2,1-3H3,(H2,16,17). The Kier molecular flexibility index (Phi) is 4.80. The quantitative estimate of drug-likeness (QED) is 0.860. The second-order valence-corrected chi connectivity index (χ2v) is 5.57. The van der Waals surface area contributed by atoms with Gasteiger partial charge in [0.05, 0.1) is 6.61 Å². The maximum atomic E-state index is 12.0. The summed E-state index contributed by atoms with van der Waals surface area (Å²) in [6, 6.07) is 8.24. The van der Waals surface area contributed by atoms with E-state index in [4.69, 9.17) is 10.5 Å². The molecule has 2 rings (SSSR count). The maximum Gasteiger partial charge on any atom is 0.345 e. The van der Waals surface area contributed by atoms with Crippen LogP contribution in [0.15, 0.2) is 24.3 Å². The number of ether oxygens (including phenoxy) is 1. The lowest BCUT2D eigenvalue weighted by atomic mass is 10.1. The van der Waals surface area contributed by atoms with Crippen LogP contribution in [-0.4, -0.2) is 24.0 Å². The molecule has 0 aliphatic rings. The smallest absolute Gasteiger partial charge is 0.345 e. The first-order chi connectivity index (χ1) is 10.0. The average molecular weight is 305 g/mol. The molecule has 0 aliphatic heterocycles. The molecular formula is C15H19N3O2S. The molecule has 0 bridgehead atoms. The average Bonchev–Trinajstić information content (AvgIpc) is 2.81. The van der Waals surface area contributed by atoms with Crippen LogP contribution < -0.4 is 10.6 Å². The Hall–Kier alpha value is -2.08. The van der Waals surface area contributed by atoms with Crippen molar-refractivity contribution >= 4 is 28.3 Å². The Balaban J connectivity index is 2.23. The summed E-state index contributed by atoms with van der Waals surface area (Å²) in [6.07, 6.45) is 0. The van der Waals surface area contributed by atoms with Gasteiger partial charge in [0.1, 0.15) is 10.6 Å². The zero-order chi connectivity index (χ0) is 15.4. The summed E-state index contributed by atoms with van der Waals surface area (Å²) in [7, 11) is 1.91. The van der Waals surface area contributed by atoms with Gasteiger partial charge < -0.3 is 15.4 Å². The first-order valence-electron chi connectivity index (χ1n) is 6.71. The number of carbonyl (C=O) groups excluding carboxylic acids is 1. The highest BCUT2D eigenvalue weighted by molar-refractivity contribution is 7.11. The van der Waals surface area contributed by atoms with Gasteiger partial charge in [-0.3, -0.25) is 0 Å². The van der Waals surface area contributed by atoms with Crippen LogP contribution in [0.5, 0.6) is 0 Å². The number of anilines is 2. The van der Waals surface area contributed by atoms with Crippen LogP contribution in [0.4, 0.5) is 10.8 Å². The number of carbonyl (C=O) groups is 1. The van der Waals surface area contributed by atoms with Crippen LogP contribution in [0, 0.1) is 6.92 Å². The van der Waals surface area contributed by atoms with Gasteiger partial charge in [-0.15, -0.1) is 0 Å². The van der Waals surface area contributed by atoms with Crippen LogP contribution in [0.2, 0.25) is 0 Å². The fourth-order valence-electron chi connectivity index (χ4n) is 2.11. The van der Waals surface area contributed by atoms with E-state index >= 15 is 0 Å². The Bertz CT molecular complexity index is 640. The molecule has 0 atom stereocenters. The third-order valence-electron chi connectivity index (χ3n) is 3.03. The van der Waals surface area contributed by atoms with Crippen molar-refractivity contribution in [1.82, 2.24) is 4.37 Å². The number of benzene rings is 1. The number of rotatable bonds is 5. The minimum absolute atomic E-state index is 0.226. The molecule has 1 aromatic carbocycles. The number of hydrogen-bond donors (Lipinski definition) is 1. The lowest BCUT2D eigenvalue weighted by molar-refractivity contribution is 0.0528. The summed E-state index contributed by atoms with van der Waals surface area (Å²) in [4.78, 5) is 14.0. The van der Waals surface area contributed by atoms with Gasteiger partial charge in [-0.2, -0.15) is 4.37 Å². The second-order valence-electron chi connectivity index (χ2n) is 4.81. The topological polar surface area (TPSA) is 68.5 Å². The van der Waals surface area contributed by atoms with Gasteiger partial charge in [0.25, 0.3) is 0 Å². The molecule has 0 radical (unpaired) electrons. The number of aryl methyl sites for hydroxylation is 1. The van der Waals surface area contributed by atoms with E-state index in [1.165, 1.54) is 22.7 Å². The Morgan fingerprint density at radius 1 is 1.48 bits per heavy atom. The Morgan fingerprint density at radius 3 is 2.90 bits per heavy atom. The molecule has 21 heavy (non-hydrogen) atoms. The van der Waals surface area contributed by atoms with Crippen LogP contribution in [-0.2, 0) is 11.3 Å². The number of nitrogens with two attached hydrogens (primary N) is 1. The van der Waals surface area contributed by atoms with E-state index in [1.807, 2.05) is 18.0 Å². The lowest BCUT2D eigenvalue weighted by Crippen LogP contribution is -2.19. The van der Waals surface area contributed by atoms with Crippen molar-refractivity contribution in [2.75, 3.05) is 24.3 Å². The molecule has 0 spiro atoms. The number of nitrogens with zero attached hydrogens (tertiary/aromatic N) is 2. The summed E-state index contributed by atoms with van der Waals surface area (Å²) in [5, 5.41) is 0.729. The number of esters is 1. The maximum absolute atomic E-state index is 12.0. The van der Waals surface area contributed by atoms with Gasteiger partial charge in [0.15, 0.2) is 5.82 Å². The van der Waals surface area contributed by atoms with Crippen molar-refractivity contribution in [3.8, 4) is 0 Å². The number of nitrogen functional groups attached to an aromatic ring is 1. The van der Waals surface area contributed by atoms with Gasteiger partial charge in [-0.1, -0.05) is 29.8 Å². The van der Waals surface area contributed by atoms with Crippen molar-refractivity contribution in [2.45, 2.75) is 20.4 Å². The SMILES string of the molecule is CCOC(=O)c1c(N)nsc1N(C)Cc1cccc(C)c1. The molecule has 2 N–H and O–H groups in total. The zero-order valence-corrected chi connectivity index (χ0v) is 13.2. The highest BCUT2D eigenvalue weighted by atomic mass is 32.1. The third kappa shape index (κ3) is 3.52. The fourth-order valence-corrected chi connectivity index (χ4v) is 2.86. The predicted octanol–water partition coefficient (Wildman–Crippen LogP) is 2.85. The summed E-state index contributed by atoms with van der Waals surface area (Å²) in [6.45, 7) is 4.81. The normalized spacial score (nSPS) is 10.4. The number of hydrogen-bond acceptors (Lipinski definition) is 6. The molecule has 1 aromatic heterocycles. The highest BCUT2D eigenvalue weighted by Gasteiger charge is 2.23. The van der Waals surface area contributed by atoms with Crippen LogP contribution in [0.25, 0.3) is 0 Å². The molecule has 0 amide bonds. The molecule has 6 heteroatoms. The van der Waals surface area contributed by atoms with E-state index in [9.17, 15) is 4.79 Å². The van der Waals surface area contributed by atoms with Gasteiger partial charge in [0.2, 0.25) is 0 Å². The van der Waals surface area contributed by atoms with E-state index in [1.54, 1.807) is 6.92 Å². The van der Waals surface area contributed by atoms with Gasteiger partial charge in [-0.25, -0.2) is 4.79 Å². The molecule has 2 aromatic rings. The van der Waals surface area contributed by atoms with E-state index < -0.39 is 5.97 Å². The highest BCUT2D eigenvalue weighted by Crippen LogP contribution is 2.31. The summed E-state index contributed by atoms with van der Waals surface area (Å²) < 4.78 is 9.13. The first-order valence-corrected chi connectivity index (χ1v) is 7.49. The van der Waals surface area contributed by atoms with Crippen molar-refractivity contribution in [1.29, 1.82) is 0 Å². The molecule has 0 unspecified atom stereocenters. The molecule has 0 saturated heterocycles. The van der Waals surface area contributed by atoms with Crippen molar-refractivity contribution in [2.24, 2.45) is 0 Å². The lowest BCUT2D eigenvalue weighted by Gasteiger charge is -2.18. The summed E-state index contributed by atoms with van der Waals surface area (Å²) >= 11 is 1.21. The Morgan fingerprint density at radius 2 is 2.24 bits per heavy atom.